The lowest BCUT2D eigenvalue weighted by Gasteiger charge is -2.36. The van der Waals surface area contributed by atoms with Gasteiger partial charge in [-0.05, 0) is 84.7 Å². The molecule has 0 unspecified atom stereocenters. The number of hydrogen-bond donors (Lipinski definition) is 3. The van der Waals surface area contributed by atoms with Gasteiger partial charge in [0.2, 0.25) is 23.6 Å². The normalized spacial score (nSPS) is 23.9. The Labute approximate surface area is 434 Å². The molecule has 5 saturated heterocycles. The molecule has 1 aliphatic carbocycles. The number of aliphatic carboxylic acids is 1. The van der Waals surface area contributed by atoms with E-state index in [0.717, 1.165) is 33.4 Å². The third-order valence-electron chi connectivity index (χ3n) is 15.6. The van der Waals surface area contributed by atoms with Crippen LogP contribution in [0, 0.1) is 0 Å². The van der Waals surface area contributed by atoms with Gasteiger partial charge in [-0.1, -0.05) is 109 Å². The molecular weight excluding hydrogens is 963 g/mol. The Morgan fingerprint density at radius 3 is 1.35 bits per heavy atom. The highest BCUT2D eigenvalue weighted by Crippen LogP contribution is 2.45. The van der Waals surface area contributed by atoms with Crippen LogP contribution in [0.3, 0.4) is 0 Å². The number of rotatable bonds is 13. The molecule has 75 heavy (non-hydrogen) atoms. The topological polar surface area (TPSA) is 225 Å². The molecular formula is C56H61N7O12. The number of likely N-dealkylation sites (tertiary alicyclic amines) is 5. The third kappa shape index (κ3) is 10.7. The maximum absolute atomic E-state index is 15.2. The van der Waals surface area contributed by atoms with Crippen molar-refractivity contribution in [1.82, 2.24) is 35.1 Å². The SMILES string of the molecule is O=C(N[C@H]1C[C@@H](C(=O)N2CCC[C@H]2C(=O)N2C[C@@H](NC(=O)OCc3ccccc3)C[C@H]2C(=O)N2CCC[C@H]2C(=O)O)N(C(=O)[C@@H]2CCCN2C(=O)OCC2c3ccccc3-c3ccccc32)C1)OCc1ccccc1. The van der Waals surface area contributed by atoms with Crippen molar-refractivity contribution in [3.63, 3.8) is 0 Å². The molecule has 3 N–H and O–H groups in total. The van der Waals surface area contributed by atoms with Crippen molar-refractivity contribution in [2.45, 2.75) is 113 Å². The zero-order valence-electron chi connectivity index (χ0n) is 41.5. The molecule has 5 fully saturated rings. The Kier molecular flexibility index (Phi) is 15.0. The van der Waals surface area contributed by atoms with Gasteiger partial charge in [0.15, 0.2) is 0 Å². The minimum absolute atomic E-state index is 0.0148. The summed E-state index contributed by atoms with van der Waals surface area (Å²) in [6.45, 7) is 0.390. The summed E-state index contributed by atoms with van der Waals surface area (Å²) in [4.78, 5) is 119. The molecule has 392 valence electrons. The number of alkyl carbamates (subject to hydrolysis) is 2. The Hall–Kier alpha value is -7.96. The van der Waals surface area contributed by atoms with Gasteiger partial charge in [0.1, 0.15) is 50.0 Å². The van der Waals surface area contributed by atoms with Crippen LogP contribution in [0.5, 0.6) is 0 Å². The maximum atomic E-state index is 15.2. The molecule has 4 aromatic rings. The van der Waals surface area contributed by atoms with Crippen molar-refractivity contribution >= 4 is 47.9 Å². The van der Waals surface area contributed by atoms with Gasteiger partial charge in [-0.2, -0.15) is 0 Å². The molecule has 5 aliphatic heterocycles. The van der Waals surface area contributed by atoms with Crippen LogP contribution in [-0.4, -0.2) is 159 Å². The van der Waals surface area contributed by atoms with Crippen LogP contribution in [-0.2, 0) is 51.4 Å². The van der Waals surface area contributed by atoms with Crippen LogP contribution in [0.4, 0.5) is 14.4 Å². The Bertz CT molecular complexity index is 2770. The van der Waals surface area contributed by atoms with Crippen LogP contribution in [0.25, 0.3) is 11.1 Å². The second-order valence-electron chi connectivity index (χ2n) is 20.2. The molecule has 10 rings (SSSR count). The zero-order chi connectivity index (χ0) is 52.2. The van der Waals surface area contributed by atoms with Gasteiger partial charge in [0, 0.05) is 38.6 Å². The van der Waals surface area contributed by atoms with Crippen molar-refractivity contribution in [2.75, 3.05) is 39.3 Å². The number of carboxylic acid groups (broad SMARTS) is 1. The fourth-order valence-corrected chi connectivity index (χ4v) is 12.0. The molecule has 0 aromatic heterocycles. The van der Waals surface area contributed by atoms with E-state index in [9.17, 15) is 38.7 Å². The first-order chi connectivity index (χ1) is 36.4. The molecule has 0 spiro atoms. The van der Waals surface area contributed by atoms with Crippen molar-refractivity contribution in [3.8, 4) is 11.1 Å². The number of nitrogens with zero attached hydrogens (tertiary/aromatic N) is 5. The summed E-state index contributed by atoms with van der Waals surface area (Å²) >= 11 is 0. The number of hydrogen-bond acceptors (Lipinski definition) is 11. The smallest absolute Gasteiger partial charge is 0.410 e. The number of carbonyl (C=O) groups is 8. The van der Waals surface area contributed by atoms with E-state index in [1.165, 1.54) is 24.5 Å². The van der Waals surface area contributed by atoms with Crippen LogP contribution in [0.2, 0.25) is 0 Å². The van der Waals surface area contributed by atoms with Crippen LogP contribution in [0.15, 0.2) is 109 Å². The number of benzene rings is 4. The van der Waals surface area contributed by atoms with E-state index in [-0.39, 0.29) is 84.1 Å². The molecule has 0 bridgehead atoms. The van der Waals surface area contributed by atoms with Gasteiger partial charge in [-0.25, -0.2) is 19.2 Å². The quantitative estimate of drug-likeness (QED) is 0.146. The highest BCUT2D eigenvalue weighted by Gasteiger charge is 2.52. The molecule has 4 aromatic carbocycles. The first kappa shape index (κ1) is 50.6. The number of carboxylic acids is 1. The third-order valence-corrected chi connectivity index (χ3v) is 15.6. The minimum Gasteiger partial charge on any atom is -0.480 e. The number of fused-ring (bicyclic) bond motifs is 3. The van der Waals surface area contributed by atoms with E-state index in [4.69, 9.17) is 14.2 Å². The summed E-state index contributed by atoms with van der Waals surface area (Å²) in [5, 5.41) is 15.6. The second kappa shape index (κ2) is 22.3. The van der Waals surface area contributed by atoms with E-state index in [1.54, 1.807) is 12.1 Å². The van der Waals surface area contributed by atoms with Gasteiger partial charge in [-0.3, -0.25) is 24.1 Å². The summed E-state index contributed by atoms with van der Waals surface area (Å²) in [5.74, 6) is -3.53. The lowest BCUT2D eigenvalue weighted by Crippen LogP contribution is -2.58. The molecule has 7 atom stereocenters. The van der Waals surface area contributed by atoms with E-state index in [2.05, 4.69) is 10.6 Å². The second-order valence-corrected chi connectivity index (χ2v) is 20.2. The largest absolute Gasteiger partial charge is 0.480 e. The van der Waals surface area contributed by atoms with E-state index in [1.807, 2.05) is 97.1 Å². The first-order valence-electron chi connectivity index (χ1n) is 25.9. The molecule has 6 aliphatic rings. The van der Waals surface area contributed by atoms with Crippen molar-refractivity contribution in [1.29, 1.82) is 0 Å². The summed E-state index contributed by atoms with van der Waals surface area (Å²) in [6, 6.07) is 27.2. The molecule has 5 heterocycles. The monoisotopic (exact) mass is 1020 g/mol. The van der Waals surface area contributed by atoms with Crippen molar-refractivity contribution < 1.29 is 57.7 Å². The van der Waals surface area contributed by atoms with E-state index >= 15 is 4.79 Å². The van der Waals surface area contributed by atoms with Crippen LogP contribution >= 0.6 is 0 Å². The number of ether oxygens (including phenoxy) is 3. The lowest BCUT2D eigenvalue weighted by molar-refractivity contribution is -0.154. The highest BCUT2D eigenvalue weighted by molar-refractivity contribution is 5.97. The fraction of sp³-hybridized carbons (Fsp3) is 0.429. The Morgan fingerprint density at radius 2 is 0.867 bits per heavy atom. The molecule has 19 nitrogen and oxygen atoms in total. The van der Waals surface area contributed by atoms with Gasteiger partial charge in [-0.15, -0.1) is 0 Å². The average molecular weight is 1020 g/mol. The number of nitrogens with one attached hydrogen (secondary N) is 2. The first-order valence-corrected chi connectivity index (χ1v) is 25.9. The van der Waals surface area contributed by atoms with Crippen molar-refractivity contribution in [2.24, 2.45) is 0 Å². The van der Waals surface area contributed by atoms with Gasteiger partial charge < -0.3 is 49.6 Å². The minimum atomic E-state index is -1.17. The standard InChI is InChI=1S/C56H61N7O12/c64-49(62-30-38(58-55(71)74-33-36-16-5-2-6-17-36)29-48(62)52(67)60-26-13-24-46(60)53(68)69)44-22-11-25-59(44)51(66)47-28-37(57-54(70)73-32-35-14-3-1-4-15-35)31-63(47)50(65)45-23-12-27-61(45)56(72)75-34-43-41-20-9-7-18-39(41)40-19-8-10-21-42(40)43/h1-10,14-21,37-38,43-48H,11-13,22-34H2,(H,57,70)(H,58,71)(H,68,69)/t37-,38-,44-,45-,46-,47-,48-/m0/s1. The number of amides is 7. The molecule has 19 heteroatoms. The molecule has 0 saturated carbocycles. The average Bonchev–Trinajstić information content (AvgIpc) is 4.31. The Morgan fingerprint density at radius 1 is 0.467 bits per heavy atom. The van der Waals surface area contributed by atoms with Crippen molar-refractivity contribution in [3.05, 3.63) is 131 Å². The summed E-state index contributed by atoms with van der Waals surface area (Å²) in [5.41, 5.74) is 5.75. The molecule has 0 radical (unpaired) electrons. The summed E-state index contributed by atoms with van der Waals surface area (Å²) < 4.78 is 17.0. The van der Waals surface area contributed by atoms with E-state index < -0.39 is 90.2 Å². The predicted octanol–water partition coefficient (Wildman–Crippen LogP) is 5.26. The molecule has 7 amide bonds. The Balaban J connectivity index is 0.862. The lowest BCUT2D eigenvalue weighted by atomic mass is 9.98. The number of carbonyl (C=O) groups excluding carboxylic acids is 7. The van der Waals surface area contributed by atoms with Gasteiger partial charge >= 0.3 is 24.2 Å². The zero-order valence-corrected chi connectivity index (χ0v) is 41.5. The maximum Gasteiger partial charge on any atom is 0.410 e. The van der Waals surface area contributed by atoms with Gasteiger partial charge in [0.05, 0.1) is 12.1 Å². The fourth-order valence-electron chi connectivity index (χ4n) is 12.0. The summed E-state index contributed by atoms with van der Waals surface area (Å²) in [6.07, 6.45) is -0.0354. The summed E-state index contributed by atoms with van der Waals surface area (Å²) in [7, 11) is 0. The van der Waals surface area contributed by atoms with E-state index in [0.29, 0.717) is 25.7 Å². The van der Waals surface area contributed by atoms with Crippen LogP contribution in [0.1, 0.15) is 79.5 Å². The highest BCUT2D eigenvalue weighted by atomic mass is 16.6. The predicted molar refractivity (Wildman–Crippen MR) is 269 cm³/mol. The van der Waals surface area contributed by atoms with Crippen LogP contribution < -0.4 is 10.6 Å². The van der Waals surface area contributed by atoms with Gasteiger partial charge in [0.25, 0.3) is 0 Å².